The van der Waals surface area contributed by atoms with Crippen molar-refractivity contribution >= 4 is 0 Å². The molecule has 0 aromatic rings. The van der Waals surface area contributed by atoms with Crippen LogP contribution in [0.2, 0.25) is 0 Å². The van der Waals surface area contributed by atoms with Crippen molar-refractivity contribution in [1.29, 1.82) is 0 Å². The Bertz CT molecular complexity index is 113. The minimum Gasteiger partial charge on any atom is -0.396 e. The van der Waals surface area contributed by atoms with Crippen LogP contribution in [0, 0.1) is 0 Å². The highest BCUT2D eigenvalue weighted by molar-refractivity contribution is 4.77. The normalized spacial score (nSPS) is 27.0. The van der Waals surface area contributed by atoms with Crippen molar-refractivity contribution in [2.45, 2.75) is 38.3 Å². The first kappa shape index (κ1) is 9.96. The van der Waals surface area contributed by atoms with Crippen molar-refractivity contribution in [3.8, 4) is 0 Å². The lowest BCUT2D eigenvalue weighted by Gasteiger charge is -2.27. The maximum absolute atomic E-state index is 8.71. The molecule has 0 saturated carbocycles. The van der Waals surface area contributed by atoms with Crippen LogP contribution in [0.15, 0.2) is 0 Å². The van der Waals surface area contributed by atoms with Gasteiger partial charge in [-0.2, -0.15) is 0 Å². The third kappa shape index (κ3) is 3.52. The molecule has 3 nitrogen and oxygen atoms in total. The van der Waals surface area contributed by atoms with Crippen molar-refractivity contribution in [2.24, 2.45) is 0 Å². The Kier molecular flexibility index (Phi) is 4.58. The van der Waals surface area contributed by atoms with Crippen LogP contribution < -0.4 is 10.6 Å². The van der Waals surface area contributed by atoms with E-state index in [-0.39, 0.29) is 6.61 Å². The Balaban J connectivity index is 2.11. The largest absolute Gasteiger partial charge is 0.396 e. The summed E-state index contributed by atoms with van der Waals surface area (Å²) in [6.45, 7) is 4.65. The summed E-state index contributed by atoms with van der Waals surface area (Å²) >= 11 is 0. The number of hydrogen-bond acceptors (Lipinski definition) is 3. The summed E-state index contributed by atoms with van der Waals surface area (Å²) in [5.74, 6) is 0. The van der Waals surface area contributed by atoms with Gasteiger partial charge in [-0.25, -0.2) is 0 Å². The molecule has 1 fully saturated rings. The van der Waals surface area contributed by atoms with Crippen LogP contribution in [0.3, 0.4) is 0 Å². The van der Waals surface area contributed by atoms with Gasteiger partial charge in [0.05, 0.1) is 0 Å². The van der Waals surface area contributed by atoms with Crippen molar-refractivity contribution in [3.63, 3.8) is 0 Å². The SMILES string of the molecule is CC(CCO)NC1CCCNC1. The van der Waals surface area contributed by atoms with E-state index in [9.17, 15) is 0 Å². The predicted octanol–water partition coefficient (Wildman–Crippen LogP) is 0.0989. The van der Waals surface area contributed by atoms with Crippen LogP contribution in [0.5, 0.6) is 0 Å². The molecule has 2 unspecified atom stereocenters. The standard InChI is InChI=1S/C9H20N2O/c1-8(4-6-12)11-9-3-2-5-10-7-9/h8-12H,2-7H2,1H3. The highest BCUT2D eigenvalue weighted by atomic mass is 16.3. The fourth-order valence-corrected chi connectivity index (χ4v) is 1.67. The minimum absolute atomic E-state index is 0.286. The zero-order valence-electron chi connectivity index (χ0n) is 7.84. The van der Waals surface area contributed by atoms with Crippen molar-refractivity contribution in [1.82, 2.24) is 10.6 Å². The Morgan fingerprint density at radius 2 is 2.50 bits per heavy atom. The highest BCUT2D eigenvalue weighted by Gasteiger charge is 2.14. The minimum atomic E-state index is 0.286. The Morgan fingerprint density at radius 3 is 3.08 bits per heavy atom. The van der Waals surface area contributed by atoms with Gasteiger partial charge in [0, 0.05) is 25.2 Å². The lowest BCUT2D eigenvalue weighted by Crippen LogP contribution is -2.46. The summed E-state index contributed by atoms with van der Waals surface area (Å²) in [6.07, 6.45) is 3.39. The predicted molar refractivity (Wildman–Crippen MR) is 50.2 cm³/mol. The molecule has 2 atom stereocenters. The monoisotopic (exact) mass is 172 g/mol. The van der Waals surface area contributed by atoms with Gasteiger partial charge in [0.25, 0.3) is 0 Å². The Morgan fingerprint density at radius 1 is 1.67 bits per heavy atom. The molecule has 0 aromatic carbocycles. The van der Waals surface area contributed by atoms with Crippen LogP contribution in [0.4, 0.5) is 0 Å². The van der Waals surface area contributed by atoms with Gasteiger partial charge >= 0.3 is 0 Å². The maximum Gasteiger partial charge on any atom is 0.0445 e. The second-order valence-electron chi connectivity index (χ2n) is 3.62. The van der Waals surface area contributed by atoms with Gasteiger partial charge in [0.1, 0.15) is 0 Å². The lowest BCUT2D eigenvalue weighted by molar-refractivity contribution is 0.256. The number of aliphatic hydroxyl groups excluding tert-OH is 1. The maximum atomic E-state index is 8.71. The second-order valence-corrected chi connectivity index (χ2v) is 3.62. The summed E-state index contributed by atoms with van der Waals surface area (Å²) in [4.78, 5) is 0. The van der Waals surface area contributed by atoms with Gasteiger partial charge in [-0.05, 0) is 32.7 Å². The molecule has 0 bridgehead atoms. The second kappa shape index (κ2) is 5.51. The molecule has 1 aliphatic rings. The summed E-state index contributed by atoms with van der Waals surface area (Å²) in [5.41, 5.74) is 0. The average Bonchev–Trinajstić information content (AvgIpc) is 2.06. The molecule has 3 N–H and O–H groups in total. The van der Waals surface area contributed by atoms with Gasteiger partial charge < -0.3 is 15.7 Å². The van der Waals surface area contributed by atoms with Crippen molar-refractivity contribution < 1.29 is 5.11 Å². The molecule has 1 aliphatic heterocycles. The summed E-state index contributed by atoms with van der Waals surface area (Å²) < 4.78 is 0. The zero-order chi connectivity index (χ0) is 8.81. The Hall–Kier alpha value is -0.120. The number of hydrogen-bond donors (Lipinski definition) is 3. The molecule has 1 rings (SSSR count). The molecule has 0 spiro atoms. The fourth-order valence-electron chi connectivity index (χ4n) is 1.67. The van der Waals surface area contributed by atoms with E-state index in [0.29, 0.717) is 12.1 Å². The number of nitrogens with one attached hydrogen (secondary N) is 2. The molecule has 72 valence electrons. The summed E-state index contributed by atoms with van der Waals surface area (Å²) in [7, 11) is 0. The van der Waals surface area contributed by atoms with Gasteiger partial charge in [-0.1, -0.05) is 0 Å². The fraction of sp³-hybridized carbons (Fsp3) is 1.00. The first-order valence-electron chi connectivity index (χ1n) is 4.90. The van der Waals surface area contributed by atoms with Crippen LogP contribution in [-0.4, -0.2) is 36.9 Å². The van der Waals surface area contributed by atoms with Crippen molar-refractivity contribution in [3.05, 3.63) is 0 Å². The third-order valence-corrected chi connectivity index (χ3v) is 2.38. The first-order valence-corrected chi connectivity index (χ1v) is 4.90. The van der Waals surface area contributed by atoms with Gasteiger partial charge in [-0.15, -0.1) is 0 Å². The summed E-state index contributed by atoms with van der Waals surface area (Å²) in [5, 5.41) is 15.6. The van der Waals surface area contributed by atoms with Crippen molar-refractivity contribution in [2.75, 3.05) is 19.7 Å². The van der Waals surface area contributed by atoms with E-state index in [1.54, 1.807) is 0 Å². The molecular weight excluding hydrogens is 152 g/mol. The molecule has 1 heterocycles. The van der Waals surface area contributed by atoms with Crippen LogP contribution in [0.25, 0.3) is 0 Å². The molecule has 0 aliphatic carbocycles. The molecule has 0 radical (unpaired) electrons. The van der Waals surface area contributed by atoms with Gasteiger partial charge in [-0.3, -0.25) is 0 Å². The van der Waals surface area contributed by atoms with Crippen LogP contribution in [0.1, 0.15) is 26.2 Å². The van der Waals surface area contributed by atoms with Gasteiger partial charge in [0.15, 0.2) is 0 Å². The van der Waals surface area contributed by atoms with Gasteiger partial charge in [0.2, 0.25) is 0 Å². The van der Waals surface area contributed by atoms with E-state index < -0.39 is 0 Å². The molecular formula is C9H20N2O. The van der Waals surface area contributed by atoms with E-state index in [2.05, 4.69) is 17.6 Å². The molecule has 12 heavy (non-hydrogen) atoms. The quantitative estimate of drug-likeness (QED) is 0.563. The lowest BCUT2D eigenvalue weighted by atomic mass is 10.1. The molecule has 1 saturated heterocycles. The zero-order valence-corrected chi connectivity index (χ0v) is 7.84. The Labute approximate surface area is 74.5 Å². The average molecular weight is 172 g/mol. The topological polar surface area (TPSA) is 44.3 Å². The number of piperidine rings is 1. The van der Waals surface area contributed by atoms with E-state index >= 15 is 0 Å². The third-order valence-electron chi connectivity index (χ3n) is 2.38. The smallest absolute Gasteiger partial charge is 0.0445 e. The van der Waals surface area contributed by atoms with E-state index in [1.807, 2.05) is 0 Å². The van der Waals surface area contributed by atoms with Crippen LogP contribution in [-0.2, 0) is 0 Å². The molecule has 0 amide bonds. The molecule has 0 aromatic heterocycles. The summed E-state index contributed by atoms with van der Waals surface area (Å²) in [6, 6.07) is 1.06. The first-order chi connectivity index (χ1) is 5.83. The van der Waals surface area contributed by atoms with Crippen LogP contribution >= 0.6 is 0 Å². The number of aliphatic hydroxyl groups is 1. The van der Waals surface area contributed by atoms with E-state index in [4.69, 9.17) is 5.11 Å². The van der Waals surface area contributed by atoms with E-state index in [0.717, 1.165) is 19.5 Å². The number of rotatable bonds is 4. The molecule has 3 heteroatoms. The van der Waals surface area contributed by atoms with E-state index in [1.165, 1.54) is 12.8 Å². The highest BCUT2D eigenvalue weighted by Crippen LogP contribution is 2.03.